The van der Waals surface area contributed by atoms with E-state index in [1.54, 1.807) is 6.07 Å². The van der Waals surface area contributed by atoms with Crippen molar-refractivity contribution in [3.8, 4) is 0 Å². The fourth-order valence-electron chi connectivity index (χ4n) is 3.57. The van der Waals surface area contributed by atoms with Crippen LogP contribution in [0.25, 0.3) is 0 Å². The molecule has 0 bridgehead atoms. The molecule has 1 aliphatic carbocycles. The number of aliphatic hydroxyl groups is 1. The van der Waals surface area contributed by atoms with Crippen LogP contribution in [0.1, 0.15) is 29.7 Å². The number of carbonyl (C=O) groups is 1. The average Bonchev–Trinajstić information content (AvgIpc) is 2.92. The summed E-state index contributed by atoms with van der Waals surface area (Å²) < 4.78 is 4.83. The molecule has 0 fully saturated rings. The Labute approximate surface area is 141 Å². The van der Waals surface area contributed by atoms with Gasteiger partial charge in [-0.05, 0) is 12.5 Å². The van der Waals surface area contributed by atoms with Crippen molar-refractivity contribution in [3.05, 3.63) is 61.6 Å². The molecule has 25 heavy (non-hydrogen) atoms. The van der Waals surface area contributed by atoms with E-state index >= 15 is 0 Å². The maximum Gasteiger partial charge on any atom is 0.312 e. The maximum absolute atomic E-state index is 12.4. The maximum atomic E-state index is 12.4. The van der Waals surface area contributed by atoms with Gasteiger partial charge in [0.25, 0.3) is 11.2 Å². The van der Waals surface area contributed by atoms with Gasteiger partial charge in [0, 0.05) is 35.7 Å². The number of nitro benzene ring substituents is 1. The minimum Gasteiger partial charge on any atom is -0.469 e. The first kappa shape index (κ1) is 16.9. The number of fused-ring (bicyclic) bond motifs is 1. The molecule has 0 unspecified atom stereocenters. The van der Waals surface area contributed by atoms with Gasteiger partial charge in [-0.1, -0.05) is 12.1 Å². The lowest BCUT2D eigenvalue weighted by molar-refractivity contribution is -0.384. The van der Waals surface area contributed by atoms with Crippen molar-refractivity contribution in [2.24, 2.45) is 5.92 Å². The Balaban J connectivity index is 2.26. The molecule has 0 amide bonds. The van der Waals surface area contributed by atoms with Gasteiger partial charge in [0.05, 0.1) is 23.6 Å². The van der Waals surface area contributed by atoms with Crippen LogP contribution in [-0.2, 0) is 16.0 Å². The van der Waals surface area contributed by atoms with Crippen molar-refractivity contribution >= 4 is 11.7 Å². The van der Waals surface area contributed by atoms with Gasteiger partial charge in [0.1, 0.15) is 0 Å². The fourth-order valence-corrected chi connectivity index (χ4v) is 3.57. The second kappa shape index (κ2) is 5.85. The van der Waals surface area contributed by atoms with Crippen LogP contribution in [0.3, 0.4) is 0 Å². The summed E-state index contributed by atoms with van der Waals surface area (Å²) in [5.41, 5.74) is -0.971. The number of non-ortho nitro benzene ring substituents is 1. The lowest BCUT2D eigenvalue weighted by Gasteiger charge is -2.40. The smallest absolute Gasteiger partial charge is 0.312 e. The minimum atomic E-state index is -1.50. The zero-order valence-corrected chi connectivity index (χ0v) is 13.6. The van der Waals surface area contributed by atoms with E-state index in [2.05, 4.69) is 10.2 Å². The van der Waals surface area contributed by atoms with Crippen molar-refractivity contribution in [1.82, 2.24) is 10.2 Å². The van der Waals surface area contributed by atoms with E-state index in [1.165, 1.54) is 32.2 Å². The number of rotatable bonds is 3. The zero-order valence-electron chi connectivity index (χ0n) is 13.6. The van der Waals surface area contributed by atoms with Crippen molar-refractivity contribution in [3.63, 3.8) is 0 Å². The van der Waals surface area contributed by atoms with Crippen LogP contribution < -0.4 is 5.56 Å². The number of ether oxygens (including phenoxy) is 1. The summed E-state index contributed by atoms with van der Waals surface area (Å²) in [6, 6.07) is 5.69. The van der Waals surface area contributed by atoms with E-state index in [0.29, 0.717) is 11.3 Å². The number of esters is 1. The number of nitro groups is 1. The van der Waals surface area contributed by atoms with E-state index in [9.17, 15) is 24.8 Å². The fraction of sp³-hybridized carbons (Fsp3) is 0.375. The Bertz CT molecular complexity index is 897. The molecular formula is C16H17N3O6. The number of aromatic amines is 2. The third-order valence-electron chi connectivity index (χ3n) is 4.64. The molecule has 3 N–H and O–H groups in total. The Hall–Kier alpha value is -2.94. The predicted molar refractivity (Wildman–Crippen MR) is 86.2 cm³/mol. The first-order valence-electron chi connectivity index (χ1n) is 7.60. The molecule has 1 aromatic carbocycles. The van der Waals surface area contributed by atoms with Gasteiger partial charge in [0.15, 0.2) is 0 Å². The molecular weight excluding hydrogens is 330 g/mol. The number of benzene rings is 1. The lowest BCUT2D eigenvalue weighted by atomic mass is 9.66. The SMILES string of the molecule is COC(=O)[C@@H]1[C@@H](c2cccc([N+](=O)[O-])c2)c2c([nH][nH]c2=O)C[C@@]1(C)O. The second-order valence-electron chi connectivity index (χ2n) is 6.34. The number of H-pyrrole nitrogens is 2. The molecule has 9 heteroatoms. The van der Waals surface area contributed by atoms with Gasteiger partial charge in [-0.25, -0.2) is 0 Å². The van der Waals surface area contributed by atoms with Crippen LogP contribution in [0.2, 0.25) is 0 Å². The molecule has 0 aliphatic heterocycles. The molecule has 0 radical (unpaired) electrons. The normalized spacial score (nSPS) is 25.2. The molecule has 0 saturated heterocycles. The molecule has 9 nitrogen and oxygen atoms in total. The summed E-state index contributed by atoms with van der Waals surface area (Å²) in [6.07, 6.45) is 0.0479. The van der Waals surface area contributed by atoms with Gasteiger partial charge in [-0.2, -0.15) is 0 Å². The number of nitrogens with one attached hydrogen (secondary N) is 2. The van der Waals surface area contributed by atoms with Crippen molar-refractivity contribution in [2.75, 3.05) is 7.11 Å². The number of nitrogens with zero attached hydrogens (tertiary/aromatic N) is 1. The van der Waals surface area contributed by atoms with E-state index in [-0.39, 0.29) is 17.7 Å². The van der Waals surface area contributed by atoms with Gasteiger partial charge in [0.2, 0.25) is 0 Å². The molecule has 1 heterocycles. The largest absolute Gasteiger partial charge is 0.469 e. The van der Waals surface area contributed by atoms with Crippen LogP contribution in [-0.4, -0.2) is 38.9 Å². The van der Waals surface area contributed by atoms with Crippen molar-refractivity contribution in [1.29, 1.82) is 0 Å². The van der Waals surface area contributed by atoms with E-state index < -0.39 is 33.9 Å². The number of methoxy groups -OCH3 is 1. The van der Waals surface area contributed by atoms with E-state index in [0.717, 1.165) is 0 Å². The summed E-state index contributed by atoms with van der Waals surface area (Å²) in [5, 5.41) is 27.1. The molecule has 3 atom stereocenters. The van der Waals surface area contributed by atoms with Gasteiger partial charge >= 0.3 is 5.97 Å². The summed E-state index contributed by atoms with van der Waals surface area (Å²) in [6.45, 7) is 1.48. The molecule has 0 spiro atoms. The predicted octanol–water partition coefficient (Wildman–Crippen LogP) is 0.839. The first-order chi connectivity index (χ1) is 11.8. The van der Waals surface area contributed by atoms with Crippen molar-refractivity contribution < 1.29 is 19.6 Å². The summed E-state index contributed by atoms with van der Waals surface area (Å²) in [5.74, 6) is -2.64. The number of carbonyl (C=O) groups excluding carboxylic acids is 1. The van der Waals surface area contributed by atoms with E-state index in [1.807, 2.05) is 0 Å². The Morgan fingerprint density at radius 3 is 2.80 bits per heavy atom. The van der Waals surface area contributed by atoms with Crippen LogP contribution in [0, 0.1) is 16.0 Å². The molecule has 2 aromatic rings. The van der Waals surface area contributed by atoms with Gasteiger partial charge < -0.3 is 14.9 Å². The zero-order chi connectivity index (χ0) is 18.4. The summed E-state index contributed by atoms with van der Waals surface area (Å²) in [4.78, 5) is 35.2. The van der Waals surface area contributed by atoms with Crippen LogP contribution in [0.15, 0.2) is 29.1 Å². The Morgan fingerprint density at radius 2 is 2.16 bits per heavy atom. The molecule has 132 valence electrons. The highest BCUT2D eigenvalue weighted by Crippen LogP contribution is 2.44. The van der Waals surface area contributed by atoms with Crippen molar-refractivity contribution in [2.45, 2.75) is 24.9 Å². The highest BCUT2D eigenvalue weighted by Gasteiger charge is 2.51. The molecule has 1 aliphatic rings. The Morgan fingerprint density at radius 1 is 1.44 bits per heavy atom. The third kappa shape index (κ3) is 2.72. The highest BCUT2D eigenvalue weighted by atomic mass is 16.6. The van der Waals surface area contributed by atoms with Crippen LogP contribution in [0.4, 0.5) is 5.69 Å². The van der Waals surface area contributed by atoms with E-state index in [4.69, 9.17) is 4.74 Å². The number of hydrogen-bond acceptors (Lipinski definition) is 6. The van der Waals surface area contributed by atoms with Crippen LogP contribution >= 0.6 is 0 Å². The van der Waals surface area contributed by atoms with Gasteiger partial charge in [-0.3, -0.25) is 24.8 Å². The number of aromatic nitrogens is 2. The minimum absolute atomic E-state index is 0.0479. The topological polar surface area (TPSA) is 138 Å². The molecule has 3 rings (SSSR count). The second-order valence-corrected chi connectivity index (χ2v) is 6.34. The highest BCUT2D eigenvalue weighted by molar-refractivity contribution is 5.77. The lowest BCUT2D eigenvalue weighted by Crippen LogP contribution is -2.49. The van der Waals surface area contributed by atoms with Gasteiger partial charge in [-0.15, -0.1) is 0 Å². The summed E-state index contributed by atoms with van der Waals surface area (Å²) in [7, 11) is 1.19. The average molecular weight is 347 g/mol. The number of hydrogen-bond donors (Lipinski definition) is 3. The first-order valence-corrected chi connectivity index (χ1v) is 7.60. The summed E-state index contributed by atoms with van der Waals surface area (Å²) >= 11 is 0. The van der Waals surface area contributed by atoms with Crippen LogP contribution in [0.5, 0.6) is 0 Å². The monoisotopic (exact) mass is 347 g/mol. The molecule has 0 saturated carbocycles. The third-order valence-corrected chi connectivity index (χ3v) is 4.64. The standard InChI is InChI=1S/C16H17N3O6/c1-16(22)7-10-12(14(20)18-17-10)11(13(16)15(21)25-2)8-4-3-5-9(6-8)19(23)24/h3-6,11,13,22H,7H2,1-2H3,(H2,17,18,20)/t11-,13-,16+/m0/s1. The Kier molecular flexibility index (Phi) is 3.96. The molecule has 1 aromatic heterocycles. The quantitative estimate of drug-likeness (QED) is 0.427.